The Kier molecular flexibility index (Phi) is 2.84. The fraction of sp³-hybridized carbons (Fsp3) is 0.231. The van der Waals surface area contributed by atoms with Crippen LogP contribution in [-0.2, 0) is 0 Å². The van der Waals surface area contributed by atoms with Gasteiger partial charge in [-0.25, -0.2) is 4.68 Å². The second-order valence-electron chi connectivity index (χ2n) is 3.77. The van der Waals surface area contributed by atoms with Crippen LogP contribution in [0.1, 0.15) is 17.0 Å². The maximum absolute atomic E-state index is 9.03. The summed E-state index contributed by atoms with van der Waals surface area (Å²) in [6.45, 7) is 3.72. The van der Waals surface area contributed by atoms with Gasteiger partial charge >= 0.3 is 0 Å². The summed E-state index contributed by atoms with van der Waals surface area (Å²) in [5.74, 6) is 0.772. The van der Waals surface area contributed by atoms with Crippen molar-refractivity contribution >= 4 is 0 Å². The zero-order valence-electron chi connectivity index (χ0n) is 10.1. The van der Waals surface area contributed by atoms with E-state index in [9.17, 15) is 0 Å². The van der Waals surface area contributed by atoms with E-state index >= 15 is 0 Å². The van der Waals surface area contributed by atoms with Gasteiger partial charge in [-0.2, -0.15) is 10.4 Å². The van der Waals surface area contributed by atoms with Crippen molar-refractivity contribution in [3.8, 4) is 17.5 Å². The van der Waals surface area contributed by atoms with Gasteiger partial charge in [0.25, 0.3) is 0 Å². The van der Waals surface area contributed by atoms with Gasteiger partial charge in [0.2, 0.25) is 0 Å². The first-order valence-electron chi connectivity index (χ1n) is 5.28. The van der Waals surface area contributed by atoms with Crippen LogP contribution in [-0.4, -0.2) is 16.9 Å². The van der Waals surface area contributed by atoms with Gasteiger partial charge in [-0.15, -0.1) is 0 Å². The number of methoxy groups -OCH3 is 1. The lowest BCUT2D eigenvalue weighted by molar-refractivity contribution is 0.414. The molecule has 4 heteroatoms. The SMILES string of the molecule is COc1cccc(-n2nc(C)c(C#N)c2C)c1. The van der Waals surface area contributed by atoms with Crippen LogP contribution in [0.2, 0.25) is 0 Å². The summed E-state index contributed by atoms with van der Waals surface area (Å²) in [6, 6.07) is 9.77. The maximum Gasteiger partial charge on any atom is 0.121 e. The minimum atomic E-state index is 0.632. The van der Waals surface area contributed by atoms with E-state index in [1.54, 1.807) is 11.8 Å². The molecule has 1 heterocycles. The lowest BCUT2D eigenvalue weighted by Crippen LogP contribution is -1.99. The van der Waals surface area contributed by atoms with Gasteiger partial charge in [0, 0.05) is 6.07 Å². The second kappa shape index (κ2) is 4.30. The van der Waals surface area contributed by atoms with Crippen molar-refractivity contribution in [2.45, 2.75) is 13.8 Å². The van der Waals surface area contributed by atoms with Gasteiger partial charge in [-0.05, 0) is 26.0 Å². The van der Waals surface area contributed by atoms with Crippen molar-refractivity contribution in [3.63, 3.8) is 0 Å². The molecule has 0 aliphatic rings. The lowest BCUT2D eigenvalue weighted by Gasteiger charge is -2.06. The van der Waals surface area contributed by atoms with Gasteiger partial charge in [0.1, 0.15) is 11.8 Å². The molecule has 0 N–H and O–H groups in total. The van der Waals surface area contributed by atoms with Crippen molar-refractivity contribution in [2.75, 3.05) is 7.11 Å². The highest BCUT2D eigenvalue weighted by atomic mass is 16.5. The molecule has 2 aromatic rings. The van der Waals surface area contributed by atoms with E-state index < -0.39 is 0 Å². The molecule has 17 heavy (non-hydrogen) atoms. The molecule has 0 aliphatic heterocycles. The number of hydrogen-bond donors (Lipinski definition) is 0. The maximum atomic E-state index is 9.03. The number of benzene rings is 1. The third-order valence-corrected chi connectivity index (χ3v) is 2.70. The van der Waals surface area contributed by atoms with Crippen molar-refractivity contribution < 1.29 is 4.74 Å². The van der Waals surface area contributed by atoms with E-state index in [4.69, 9.17) is 10.00 Å². The van der Waals surface area contributed by atoms with Crippen molar-refractivity contribution in [3.05, 3.63) is 41.2 Å². The van der Waals surface area contributed by atoms with E-state index in [1.807, 2.05) is 38.1 Å². The average molecular weight is 227 g/mol. The number of aromatic nitrogens is 2. The van der Waals surface area contributed by atoms with E-state index in [1.165, 1.54) is 0 Å². The molecule has 86 valence electrons. The third kappa shape index (κ3) is 1.87. The normalized spacial score (nSPS) is 10.0. The van der Waals surface area contributed by atoms with E-state index in [2.05, 4.69) is 11.2 Å². The largest absolute Gasteiger partial charge is 0.497 e. The monoisotopic (exact) mass is 227 g/mol. The molecule has 0 bridgehead atoms. The molecule has 2 rings (SSSR count). The van der Waals surface area contributed by atoms with E-state index in [0.29, 0.717) is 5.56 Å². The first-order valence-corrected chi connectivity index (χ1v) is 5.28. The van der Waals surface area contributed by atoms with Crippen LogP contribution < -0.4 is 4.74 Å². The first kappa shape index (κ1) is 11.2. The molecule has 1 aromatic heterocycles. The Bertz CT molecular complexity index is 593. The number of nitrogens with zero attached hydrogens (tertiary/aromatic N) is 3. The van der Waals surface area contributed by atoms with Crippen molar-refractivity contribution in [1.82, 2.24) is 9.78 Å². The Balaban J connectivity index is 2.57. The summed E-state index contributed by atoms with van der Waals surface area (Å²) < 4.78 is 6.93. The fourth-order valence-corrected chi connectivity index (χ4v) is 1.80. The Hall–Kier alpha value is -2.28. The Labute approximate surface area is 100 Å². The molecule has 0 atom stereocenters. The molecule has 0 unspecified atom stereocenters. The number of aryl methyl sites for hydroxylation is 1. The van der Waals surface area contributed by atoms with Crippen molar-refractivity contribution in [1.29, 1.82) is 5.26 Å². The molecule has 0 radical (unpaired) electrons. The van der Waals surface area contributed by atoms with Crippen molar-refractivity contribution in [2.24, 2.45) is 0 Å². The zero-order chi connectivity index (χ0) is 12.4. The predicted octanol–water partition coefficient (Wildman–Crippen LogP) is 2.37. The molecule has 0 saturated heterocycles. The molecular weight excluding hydrogens is 214 g/mol. The fourth-order valence-electron chi connectivity index (χ4n) is 1.80. The van der Waals surface area contributed by atoms with Crippen LogP contribution in [0, 0.1) is 25.2 Å². The summed E-state index contributed by atoms with van der Waals surface area (Å²) in [5, 5.41) is 13.4. The predicted molar refractivity (Wildman–Crippen MR) is 64.3 cm³/mol. The van der Waals surface area contributed by atoms with Crippen LogP contribution in [0.4, 0.5) is 0 Å². The summed E-state index contributed by atoms with van der Waals surface area (Å²) in [6.07, 6.45) is 0. The van der Waals surface area contributed by atoms with E-state index in [-0.39, 0.29) is 0 Å². The molecule has 0 fully saturated rings. The minimum absolute atomic E-state index is 0.632. The number of rotatable bonds is 2. The average Bonchev–Trinajstić information content (AvgIpc) is 2.64. The highest BCUT2D eigenvalue weighted by Crippen LogP contribution is 2.20. The highest BCUT2D eigenvalue weighted by Gasteiger charge is 2.12. The molecule has 0 spiro atoms. The van der Waals surface area contributed by atoms with Crippen LogP contribution >= 0.6 is 0 Å². The summed E-state index contributed by atoms with van der Waals surface area (Å²) in [7, 11) is 1.63. The van der Waals surface area contributed by atoms with Crippen LogP contribution in [0.25, 0.3) is 5.69 Å². The second-order valence-corrected chi connectivity index (χ2v) is 3.77. The molecule has 4 nitrogen and oxygen atoms in total. The molecular formula is C13H13N3O. The minimum Gasteiger partial charge on any atom is -0.497 e. The zero-order valence-corrected chi connectivity index (χ0v) is 10.1. The summed E-state index contributed by atoms with van der Waals surface area (Å²) >= 11 is 0. The number of hydrogen-bond acceptors (Lipinski definition) is 3. The molecule has 0 amide bonds. The Morgan fingerprint density at radius 1 is 1.35 bits per heavy atom. The van der Waals surface area contributed by atoms with Gasteiger partial charge in [-0.3, -0.25) is 0 Å². The number of ether oxygens (including phenoxy) is 1. The van der Waals surface area contributed by atoms with Crippen LogP contribution in [0.15, 0.2) is 24.3 Å². The first-order chi connectivity index (χ1) is 8.17. The summed E-state index contributed by atoms with van der Waals surface area (Å²) in [4.78, 5) is 0. The Morgan fingerprint density at radius 2 is 2.12 bits per heavy atom. The van der Waals surface area contributed by atoms with Gasteiger partial charge < -0.3 is 4.74 Å². The van der Waals surface area contributed by atoms with Crippen LogP contribution in [0.5, 0.6) is 5.75 Å². The quantitative estimate of drug-likeness (QED) is 0.791. The highest BCUT2D eigenvalue weighted by molar-refractivity contribution is 5.45. The Morgan fingerprint density at radius 3 is 2.71 bits per heavy atom. The standard InChI is InChI=1S/C13H13N3O/c1-9-13(8-14)10(2)16(15-9)11-5-4-6-12(7-11)17-3/h4-7H,1-3H3. The van der Waals surface area contributed by atoms with Gasteiger partial charge in [0.15, 0.2) is 0 Å². The third-order valence-electron chi connectivity index (χ3n) is 2.70. The lowest BCUT2D eigenvalue weighted by atomic mass is 10.2. The van der Waals surface area contributed by atoms with Crippen LogP contribution in [0.3, 0.4) is 0 Å². The molecule has 0 saturated carbocycles. The summed E-state index contributed by atoms with van der Waals surface area (Å²) in [5.41, 5.74) is 3.12. The topological polar surface area (TPSA) is 50.8 Å². The smallest absolute Gasteiger partial charge is 0.121 e. The van der Waals surface area contributed by atoms with E-state index in [0.717, 1.165) is 22.8 Å². The number of nitriles is 1. The van der Waals surface area contributed by atoms with Gasteiger partial charge in [-0.1, -0.05) is 6.07 Å². The molecule has 0 aliphatic carbocycles. The van der Waals surface area contributed by atoms with Gasteiger partial charge in [0.05, 0.1) is 29.7 Å². The molecule has 1 aromatic carbocycles.